The predicted molar refractivity (Wildman–Crippen MR) is 120 cm³/mol. The number of carbonyl (C=O) groups excluding carboxylic acids is 1. The van der Waals surface area contributed by atoms with Gasteiger partial charge in [-0.3, -0.25) is 9.69 Å². The summed E-state index contributed by atoms with van der Waals surface area (Å²) in [5, 5.41) is 0. The van der Waals surface area contributed by atoms with Gasteiger partial charge in [0.1, 0.15) is 4.21 Å². The molecule has 5 rings (SSSR count). The van der Waals surface area contributed by atoms with Gasteiger partial charge in [0.25, 0.3) is 5.91 Å². The minimum absolute atomic E-state index is 0.118. The highest BCUT2D eigenvalue weighted by Crippen LogP contribution is 2.33. The zero-order valence-corrected chi connectivity index (χ0v) is 18.9. The summed E-state index contributed by atoms with van der Waals surface area (Å²) in [6.07, 6.45) is 0. The number of hydrogen-bond acceptors (Lipinski definition) is 7. The second-order valence-electron chi connectivity index (χ2n) is 7.69. The van der Waals surface area contributed by atoms with Gasteiger partial charge in [0.05, 0.1) is 9.77 Å². The van der Waals surface area contributed by atoms with Crippen LogP contribution in [0.25, 0.3) is 0 Å². The molecule has 0 N–H and O–H groups in total. The number of piperazine rings is 1. The molecule has 0 atom stereocenters. The molecule has 0 aliphatic carbocycles. The summed E-state index contributed by atoms with van der Waals surface area (Å²) >= 11 is 1.03. The first kappa shape index (κ1) is 21.0. The highest BCUT2D eigenvalue weighted by atomic mass is 32.2. The Labute approximate surface area is 190 Å². The van der Waals surface area contributed by atoms with Gasteiger partial charge in [0.2, 0.25) is 16.6 Å². The third-order valence-electron chi connectivity index (χ3n) is 5.61. The van der Waals surface area contributed by atoms with E-state index in [2.05, 4.69) is 4.90 Å². The molecule has 1 amide bonds. The third kappa shape index (κ3) is 4.11. The van der Waals surface area contributed by atoms with Crippen molar-refractivity contribution in [2.45, 2.75) is 15.6 Å². The van der Waals surface area contributed by atoms with E-state index in [-0.39, 0.29) is 21.8 Å². The van der Waals surface area contributed by atoms with E-state index in [1.807, 2.05) is 18.2 Å². The Balaban J connectivity index is 1.21. The average Bonchev–Trinajstić information content (AvgIpc) is 3.50. The van der Waals surface area contributed by atoms with Crippen molar-refractivity contribution in [2.75, 3.05) is 33.0 Å². The van der Waals surface area contributed by atoms with Crippen LogP contribution >= 0.6 is 11.3 Å². The van der Waals surface area contributed by atoms with Crippen LogP contribution in [0.2, 0.25) is 0 Å². The fraction of sp³-hybridized carbons (Fsp3) is 0.261. The summed E-state index contributed by atoms with van der Waals surface area (Å²) in [7, 11) is -3.61. The molecular formula is C23H22N2O5S2. The number of sulfone groups is 1. The maximum atomic E-state index is 13.0. The van der Waals surface area contributed by atoms with E-state index in [0.29, 0.717) is 18.0 Å². The van der Waals surface area contributed by atoms with E-state index in [1.165, 1.54) is 6.07 Å². The van der Waals surface area contributed by atoms with Crippen LogP contribution in [0.4, 0.5) is 0 Å². The summed E-state index contributed by atoms with van der Waals surface area (Å²) in [6, 6.07) is 17.4. The molecule has 0 saturated carbocycles. The number of benzene rings is 2. The first-order valence-electron chi connectivity index (χ1n) is 10.3. The molecule has 0 bridgehead atoms. The molecular weight excluding hydrogens is 448 g/mol. The van der Waals surface area contributed by atoms with Crippen LogP contribution in [-0.4, -0.2) is 57.1 Å². The average molecular weight is 471 g/mol. The Morgan fingerprint density at radius 3 is 2.44 bits per heavy atom. The van der Waals surface area contributed by atoms with Crippen molar-refractivity contribution in [3.63, 3.8) is 0 Å². The molecule has 0 unspecified atom stereocenters. The van der Waals surface area contributed by atoms with E-state index in [1.54, 1.807) is 41.3 Å². The molecule has 9 heteroatoms. The van der Waals surface area contributed by atoms with Crippen LogP contribution in [0.1, 0.15) is 15.2 Å². The van der Waals surface area contributed by atoms with E-state index in [9.17, 15) is 13.2 Å². The fourth-order valence-corrected chi connectivity index (χ4v) is 6.55. The zero-order valence-electron chi connectivity index (χ0n) is 17.3. The van der Waals surface area contributed by atoms with Gasteiger partial charge in [-0.25, -0.2) is 8.42 Å². The Kier molecular flexibility index (Phi) is 5.62. The number of rotatable bonds is 5. The molecule has 0 radical (unpaired) electrons. The van der Waals surface area contributed by atoms with Crippen LogP contribution < -0.4 is 9.47 Å². The van der Waals surface area contributed by atoms with Gasteiger partial charge >= 0.3 is 0 Å². The lowest BCUT2D eigenvalue weighted by molar-refractivity contribution is 0.0633. The van der Waals surface area contributed by atoms with Gasteiger partial charge in [-0.15, -0.1) is 11.3 Å². The Hall–Kier alpha value is -2.88. The molecule has 0 spiro atoms. The highest BCUT2D eigenvalue weighted by Gasteiger charge is 2.26. The molecule has 1 aromatic heterocycles. The molecule has 3 aromatic rings. The maximum Gasteiger partial charge on any atom is 0.264 e. The molecule has 2 aliphatic heterocycles. The number of carbonyl (C=O) groups is 1. The first-order valence-corrected chi connectivity index (χ1v) is 12.6. The lowest BCUT2D eigenvalue weighted by atomic mass is 10.1. The van der Waals surface area contributed by atoms with Gasteiger partial charge in [0.15, 0.2) is 11.5 Å². The Bertz CT molecular complexity index is 1230. The van der Waals surface area contributed by atoms with Gasteiger partial charge in [0, 0.05) is 32.7 Å². The quantitative estimate of drug-likeness (QED) is 0.570. The number of nitrogens with zero attached hydrogens (tertiary/aromatic N) is 2. The zero-order chi connectivity index (χ0) is 22.1. The van der Waals surface area contributed by atoms with Crippen LogP contribution in [0.5, 0.6) is 11.5 Å². The fourth-order valence-electron chi connectivity index (χ4n) is 3.86. The van der Waals surface area contributed by atoms with Crippen LogP contribution in [0.15, 0.2) is 69.8 Å². The van der Waals surface area contributed by atoms with Crippen molar-refractivity contribution in [1.82, 2.24) is 9.80 Å². The van der Waals surface area contributed by atoms with E-state index in [4.69, 9.17) is 9.47 Å². The van der Waals surface area contributed by atoms with E-state index < -0.39 is 9.84 Å². The molecule has 3 heterocycles. The van der Waals surface area contributed by atoms with Gasteiger partial charge in [-0.2, -0.15) is 0 Å². The lowest BCUT2D eigenvalue weighted by Crippen LogP contribution is -2.48. The molecule has 32 heavy (non-hydrogen) atoms. The maximum absolute atomic E-state index is 13.0. The van der Waals surface area contributed by atoms with Gasteiger partial charge < -0.3 is 14.4 Å². The molecule has 2 aromatic carbocycles. The van der Waals surface area contributed by atoms with Crippen LogP contribution in [0.3, 0.4) is 0 Å². The number of amides is 1. The normalized spacial score (nSPS) is 16.3. The van der Waals surface area contributed by atoms with Gasteiger partial charge in [-0.1, -0.05) is 24.3 Å². The lowest BCUT2D eigenvalue weighted by Gasteiger charge is -2.34. The summed E-state index contributed by atoms with van der Waals surface area (Å²) < 4.78 is 36.6. The van der Waals surface area contributed by atoms with Gasteiger partial charge in [-0.05, 0) is 42.0 Å². The predicted octanol–water partition coefficient (Wildman–Crippen LogP) is 3.27. The molecule has 2 aliphatic rings. The van der Waals surface area contributed by atoms with Crippen molar-refractivity contribution in [3.05, 3.63) is 71.1 Å². The Morgan fingerprint density at radius 2 is 1.66 bits per heavy atom. The Morgan fingerprint density at radius 1 is 0.906 bits per heavy atom. The minimum Gasteiger partial charge on any atom is -0.454 e. The summed E-state index contributed by atoms with van der Waals surface area (Å²) in [4.78, 5) is 17.7. The van der Waals surface area contributed by atoms with Crippen molar-refractivity contribution in [1.29, 1.82) is 0 Å². The third-order valence-corrected chi connectivity index (χ3v) is 8.95. The monoisotopic (exact) mass is 470 g/mol. The number of hydrogen-bond donors (Lipinski definition) is 0. The second-order valence-corrected chi connectivity index (χ2v) is 11.0. The molecule has 7 nitrogen and oxygen atoms in total. The molecule has 1 saturated heterocycles. The number of ether oxygens (including phenoxy) is 2. The first-order chi connectivity index (χ1) is 15.5. The summed E-state index contributed by atoms with van der Waals surface area (Å²) in [6.45, 7) is 3.74. The van der Waals surface area contributed by atoms with Crippen molar-refractivity contribution >= 4 is 27.1 Å². The molecule has 166 valence electrons. The molecule has 1 fully saturated rings. The summed E-state index contributed by atoms with van der Waals surface area (Å²) in [5.41, 5.74) is 1.14. The minimum atomic E-state index is -3.61. The van der Waals surface area contributed by atoms with Crippen LogP contribution in [-0.2, 0) is 16.4 Å². The topological polar surface area (TPSA) is 76.2 Å². The van der Waals surface area contributed by atoms with E-state index >= 15 is 0 Å². The summed E-state index contributed by atoms with van der Waals surface area (Å²) in [5.74, 6) is 1.43. The largest absolute Gasteiger partial charge is 0.454 e. The van der Waals surface area contributed by atoms with Crippen LogP contribution in [0, 0.1) is 0 Å². The SMILES string of the molecule is O=C(c1ccc(S(=O)(=O)c2ccccc2)s1)N1CCN(Cc2ccc3c(c2)OCO3)CC1. The smallest absolute Gasteiger partial charge is 0.264 e. The van der Waals surface area contributed by atoms with Crippen molar-refractivity contribution < 1.29 is 22.7 Å². The van der Waals surface area contributed by atoms with Crippen molar-refractivity contribution in [2.24, 2.45) is 0 Å². The second kappa shape index (κ2) is 8.57. The standard InChI is InChI=1S/C23H22N2O5S2/c26-23(21-8-9-22(31-21)32(27,28)18-4-2-1-3-5-18)25-12-10-24(11-13-25)15-17-6-7-19-20(14-17)30-16-29-19/h1-9,14H,10-13,15-16H2. The number of fused-ring (bicyclic) bond motifs is 1. The highest BCUT2D eigenvalue weighted by molar-refractivity contribution is 7.93. The van der Waals surface area contributed by atoms with Crippen molar-refractivity contribution in [3.8, 4) is 11.5 Å². The van der Waals surface area contributed by atoms with E-state index in [0.717, 1.165) is 48.0 Å². The number of thiophene rings is 1.